The Labute approximate surface area is 177 Å². The molecule has 2 amide bonds. The second-order valence-electron chi connectivity index (χ2n) is 6.93. The Hall–Kier alpha value is -2.91. The zero-order valence-corrected chi connectivity index (χ0v) is 18.5. The molecule has 9 heteroatoms. The van der Waals surface area contributed by atoms with Crippen molar-refractivity contribution in [1.29, 1.82) is 0 Å². The third-order valence-corrected chi connectivity index (χ3v) is 4.96. The van der Waals surface area contributed by atoms with Gasteiger partial charge in [0.25, 0.3) is 5.91 Å². The molecular weight excluding hydrogens is 404 g/mol. The molecule has 0 atom stereocenters. The molecule has 0 spiro atoms. The molecule has 162 valence electrons. The second kappa shape index (κ2) is 10.2. The molecule has 0 radical (unpaired) electrons. The first-order valence-corrected chi connectivity index (χ1v) is 11.5. The number of benzene rings is 2. The van der Waals surface area contributed by atoms with Crippen LogP contribution in [0.1, 0.15) is 36.7 Å². The van der Waals surface area contributed by atoms with E-state index in [-0.39, 0.29) is 17.2 Å². The van der Waals surface area contributed by atoms with E-state index < -0.39 is 15.9 Å². The smallest absolute Gasteiger partial charge is 0.257 e. The average Bonchev–Trinajstić information content (AvgIpc) is 2.66. The lowest BCUT2D eigenvalue weighted by molar-refractivity contribution is -0.114. The summed E-state index contributed by atoms with van der Waals surface area (Å²) in [6.45, 7) is 8.13. The van der Waals surface area contributed by atoms with Gasteiger partial charge in [-0.2, -0.15) is 0 Å². The molecule has 2 rings (SSSR count). The number of rotatable bonds is 9. The van der Waals surface area contributed by atoms with Crippen molar-refractivity contribution < 1.29 is 18.0 Å². The lowest BCUT2D eigenvalue weighted by Gasteiger charge is -2.18. The Morgan fingerprint density at radius 2 is 1.63 bits per heavy atom. The topological polar surface area (TPSA) is 108 Å². The van der Waals surface area contributed by atoms with E-state index in [4.69, 9.17) is 0 Å². The minimum Gasteiger partial charge on any atom is -0.326 e. The maximum absolute atomic E-state index is 12.9. The molecular formula is C21H28N4O4S. The number of anilines is 3. The van der Waals surface area contributed by atoms with Crippen molar-refractivity contribution in [2.75, 3.05) is 34.7 Å². The zero-order valence-electron chi connectivity index (χ0n) is 17.7. The van der Waals surface area contributed by atoms with E-state index in [2.05, 4.69) is 34.1 Å². The number of hydrogen-bond donors (Lipinski definition) is 3. The SMILES string of the molecule is CCN(CC)Cc1cccc(NC(=O)c2cc(NC(C)=O)ccc2NS(C)(=O)=O)c1. The first kappa shape index (κ1) is 23.4. The highest BCUT2D eigenvalue weighted by atomic mass is 32.2. The molecule has 0 heterocycles. The summed E-state index contributed by atoms with van der Waals surface area (Å²) in [7, 11) is -3.59. The summed E-state index contributed by atoms with van der Waals surface area (Å²) < 4.78 is 25.7. The highest BCUT2D eigenvalue weighted by molar-refractivity contribution is 7.92. The van der Waals surface area contributed by atoms with Crippen LogP contribution in [0.15, 0.2) is 42.5 Å². The summed E-state index contributed by atoms with van der Waals surface area (Å²) in [5.41, 5.74) is 2.27. The quantitative estimate of drug-likeness (QED) is 0.564. The van der Waals surface area contributed by atoms with E-state index in [9.17, 15) is 18.0 Å². The van der Waals surface area contributed by atoms with Gasteiger partial charge in [-0.15, -0.1) is 0 Å². The number of carbonyl (C=O) groups excluding carboxylic acids is 2. The lowest BCUT2D eigenvalue weighted by atomic mass is 10.1. The van der Waals surface area contributed by atoms with Crippen LogP contribution in [0.3, 0.4) is 0 Å². The zero-order chi connectivity index (χ0) is 22.3. The van der Waals surface area contributed by atoms with E-state index >= 15 is 0 Å². The highest BCUT2D eigenvalue weighted by Crippen LogP contribution is 2.23. The minimum absolute atomic E-state index is 0.0980. The fraction of sp³-hybridized carbons (Fsp3) is 0.333. The van der Waals surface area contributed by atoms with Gasteiger partial charge in [0.2, 0.25) is 15.9 Å². The van der Waals surface area contributed by atoms with Gasteiger partial charge in [-0.3, -0.25) is 19.2 Å². The van der Waals surface area contributed by atoms with Gasteiger partial charge in [0.15, 0.2) is 0 Å². The summed E-state index contributed by atoms with van der Waals surface area (Å²) in [4.78, 5) is 26.5. The first-order valence-electron chi connectivity index (χ1n) is 9.63. The third-order valence-electron chi connectivity index (χ3n) is 4.37. The summed E-state index contributed by atoms with van der Waals surface area (Å²) in [5, 5.41) is 5.41. The van der Waals surface area contributed by atoms with Gasteiger partial charge < -0.3 is 10.6 Å². The number of carbonyl (C=O) groups is 2. The normalized spacial score (nSPS) is 11.2. The van der Waals surface area contributed by atoms with Gasteiger partial charge in [0.1, 0.15) is 0 Å². The predicted molar refractivity (Wildman–Crippen MR) is 120 cm³/mol. The first-order chi connectivity index (χ1) is 14.1. The summed E-state index contributed by atoms with van der Waals surface area (Å²) in [6, 6.07) is 11.9. The maximum atomic E-state index is 12.9. The van der Waals surface area contributed by atoms with Crippen molar-refractivity contribution in [3.63, 3.8) is 0 Å². The Bertz CT molecular complexity index is 1020. The van der Waals surface area contributed by atoms with Crippen LogP contribution < -0.4 is 15.4 Å². The molecule has 0 saturated carbocycles. The van der Waals surface area contributed by atoms with Crippen LogP contribution in [0.4, 0.5) is 17.1 Å². The predicted octanol–water partition coefficient (Wildman–Crippen LogP) is 3.11. The van der Waals surface area contributed by atoms with E-state index in [1.807, 2.05) is 18.2 Å². The van der Waals surface area contributed by atoms with Crippen LogP contribution in [0.2, 0.25) is 0 Å². The van der Waals surface area contributed by atoms with Gasteiger partial charge in [0, 0.05) is 24.8 Å². The average molecular weight is 433 g/mol. The van der Waals surface area contributed by atoms with Crippen molar-refractivity contribution in [2.45, 2.75) is 27.3 Å². The molecule has 0 aromatic heterocycles. The van der Waals surface area contributed by atoms with Crippen LogP contribution >= 0.6 is 0 Å². The van der Waals surface area contributed by atoms with Crippen molar-refractivity contribution in [1.82, 2.24) is 4.90 Å². The molecule has 0 aliphatic carbocycles. The number of nitrogens with one attached hydrogen (secondary N) is 3. The number of sulfonamides is 1. The number of nitrogens with zero attached hydrogens (tertiary/aromatic N) is 1. The Kier molecular flexibility index (Phi) is 7.96. The number of hydrogen-bond acceptors (Lipinski definition) is 5. The summed E-state index contributed by atoms with van der Waals surface area (Å²) in [6.07, 6.45) is 1.01. The molecule has 0 aliphatic heterocycles. The van der Waals surface area contributed by atoms with E-state index in [1.54, 1.807) is 6.07 Å². The van der Waals surface area contributed by atoms with Crippen molar-refractivity contribution >= 4 is 38.9 Å². The fourth-order valence-electron chi connectivity index (χ4n) is 2.95. The molecule has 0 unspecified atom stereocenters. The molecule has 0 fully saturated rings. The van der Waals surface area contributed by atoms with Gasteiger partial charge in [-0.1, -0.05) is 26.0 Å². The van der Waals surface area contributed by atoms with E-state index in [0.717, 1.165) is 31.5 Å². The van der Waals surface area contributed by atoms with Crippen LogP contribution in [-0.2, 0) is 21.4 Å². The molecule has 30 heavy (non-hydrogen) atoms. The molecule has 0 saturated heterocycles. The highest BCUT2D eigenvalue weighted by Gasteiger charge is 2.16. The van der Waals surface area contributed by atoms with E-state index in [0.29, 0.717) is 11.4 Å². The summed E-state index contributed by atoms with van der Waals surface area (Å²) in [5.74, 6) is -0.789. The molecule has 2 aromatic rings. The van der Waals surface area contributed by atoms with Crippen molar-refractivity contribution in [3.8, 4) is 0 Å². The molecule has 3 N–H and O–H groups in total. The van der Waals surface area contributed by atoms with Crippen LogP contribution in [-0.4, -0.2) is 44.5 Å². The second-order valence-corrected chi connectivity index (χ2v) is 8.68. The van der Waals surface area contributed by atoms with Gasteiger partial charge in [-0.05, 0) is 49.0 Å². The minimum atomic E-state index is -3.59. The monoisotopic (exact) mass is 432 g/mol. The van der Waals surface area contributed by atoms with Crippen molar-refractivity contribution in [3.05, 3.63) is 53.6 Å². The number of amides is 2. The molecule has 8 nitrogen and oxygen atoms in total. The Morgan fingerprint density at radius 1 is 0.967 bits per heavy atom. The Balaban J connectivity index is 2.31. The van der Waals surface area contributed by atoms with Gasteiger partial charge in [0.05, 0.1) is 17.5 Å². The summed E-state index contributed by atoms with van der Waals surface area (Å²) >= 11 is 0. The van der Waals surface area contributed by atoms with Crippen LogP contribution in [0.5, 0.6) is 0 Å². The van der Waals surface area contributed by atoms with Crippen molar-refractivity contribution in [2.24, 2.45) is 0 Å². The molecule has 0 bridgehead atoms. The van der Waals surface area contributed by atoms with Gasteiger partial charge >= 0.3 is 0 Å². The maximum Gasteiger partial charge on any atom is 0.257 e. The Morgan fingerprint density at radius 3 is 2.23 bits per heavy atom. The third kappa shape index (κ3) is 7.16. The van der Waals surface area contributed by atoms with E-state index in [1.165, 1.54) is 25.1 Å². The van der Waals surface area contributed by atoms with Crippen LogP contribution in [0.25, 0.3) is 0 Å². The standard InChI is InChI=1S/C21H28N4O4S/c1-5-25(6-2)14-16-8-7-9-17(12-16)23-21(27)19-13-18(22-15(3)26)10-11-20(19)24-30(4,28)29/h7-13,24H,5-6,14H2,1-4H3,(H,22,26)(H,23,27). The lowest BCUT2D eigenvalue weighted by Crippen LogP contribution is -2.22. The van der Waals surface area contributed by atoms with Gasteiger partial charge in [-0.25, -0.2) is 8.42 Å². The fourth-order valence-corrected chi connectivity index (χ4v) is 3.53. The largest absolute Gasteiger partial charge is 0.326 e. The molecule has 0 aliphatic rings. The van der Waals surface area contributed by atoms with Crippen LogP contribution in [0, 0.1) is 0 Å². The molecule has 2 aromatic carbocycles.